The fourth-order valence-corrected chi connectivity index (χ4v) is 4.71. The number of rotatable bonds is 4. The predicted octanol–water partition coefficient (Wildman–Crippen LogP) is 8.05. The average molecular weight is 453 g/mol. The standard InChI is InChI=1S/C28H21ClN2O2/c1-17-18(2)31(16-19-7-3-5-9-24(19)29)27-21(17)13-14-30-28(27)32-20-11-12-26-23(15-20)22-8-4-6-10-25(22)33-26/h3-15H,16H2,1-2H3. The number of ether oxygens (including phenoxy) is 1. The van der Waals surface area contributed by atoms with Crippen molar-refractivity contribution in [3.05, 3.63) is 101 Å². The summed E-state index contributed by atoms with van der Waals surface area (Å²) in [6.07, 6.45) is 1.80. The Hall–Kier alpha value is -3.76. The Morgan fingerprint density at radius 1 is 0.879 bits per heavy atom. The Morgan fingerprint density at radius 3 is 2.55 bits per heavy atom. The lowest BCUT2D eigenvalue weighted by Crippen LogP contribution is -2.04. The highest BCUT2D eigenvalue weighted by Gasteiger charge is 2.18. The number of furan rings is 1. The van der Waals surface area contributed by atoms with Crippen molar-refractivity contribution >= 4 is 44.4 Å². The predicted molar refractivity (Wildman–Crippen MR) is 134 cm³/mol. The van der Waals surface area contributed by atoms with Gasteiger partial charge in [-0.3, -0.25) is 0 Å². The molecular formula is C28H21ClN2O2. The molecule has 0 unspecified atom stereocenters. The van der Waals surface area contributed by atoms with Crippen LogP contribution in [0.15, 0.2) is 83.4 Å². The summed E-state index contributed by atoms with van der Waals surface area (Å²) in [6.45, 7) is 4.90. The number of para-hydroxylation sites is 1. The van der Waals surface area contributed by atoms with Gasteiger partial charge in [0.15, 0.2) is 0 Å². The molecule has 0 spiro atoms. The van der Waals surface area contributed by atoms with E-state index in [1.165, 1.54) is 11.3 Å². The van der Waals surface area contributed by atoms with Gasteiger partial charge >= 0.3 is 0 Å². The maximum atomic E-state index is 6.48. The van der Waals surface area contributed by atoms with E-state index in [1.807, 2.05) is 60.7 Å². The number of aromatic nitrogens is 2. The van der Waals surface area contributed by atoms with Gasteiger partial charge in [0.05, 0.1) is 0 Å². The van der Waals surface area contributed by atoms with E-state index in [1.54, 1.807) is 6.20 Å². The number of nitrogens with zero attached hydrogens (tertiary/aromatic N) is 2. The van der Waals surface area contributed by atoms with Crippen molar-refractivity contribution in [2.75, 3.05) is 0 Å². The van der Waals surface area contributed by atoms with Crippen LogP contribution in [-0.4, -0.2) is 9.55 Å². The summed E-state index contributed by atoms with van der Waals surface area (Å²) in [5.41, 5.74) is 6.10. The molecule has 0 saturated carbocycles. The smallest absolute Gasteiger partial charge is 0.244 e. The van der Waals surface area contributed by atoms with Gasteiger partial charge in [-0.15, -0.1) is 0 Å². The van der Waals surface area contributed by atoms with Gasteiger partial charge in [-0.05, 0) is 61.4 Å². The highest BCUT2D eigenvalue weighted by Crippen LogP contribution is 2.36. The fourth-order valence-electron chi connectivity index (χ4n) is 4.51. The molecule has 0 radical (unpaired) electrons. The van der Waals surface area contributed by atoms with E-state index < -0.39 is 0 Å². The third kappa shape index (κ3) is 3.26. The van der Waals surface area contributed by atoms with E-state index in [-0.39, 0.29) is 0 Å². The van der Waals surface area contributed by atoms with Crippen LogP contribution < -0.4 is 4.74 Å². The van der Waals surface area contributed by atoms with Crippen molar-refractivity contribution in [2.45, 2.75) is 20.4 Å². The minimum absolute atomic E-state index is 0.572. The Balaban J connectivity index is 1.48. The first-order valence-corrected chi connectivity index (χ1v) is 11.2. The largest absolute Gasteiger partial charge is 0.456 e. The zero-order valence-corrected chi connectivity index (χ0v) is 19.1. The van der Waals surface area contributed by atoms with Gasteiger partial charge in [0.1, 0.15) is 22.4 Å². The maximum Gasteiger partial charge on any atom is 0.244 e. The maximum absolute atomic E-state index is 6.48. The lowest BCUT2D eigenvalue weighted by molar-refractivity contribution is 0.466. The molecule has 0 bridgehead atoms. The Morgan fingerprint density at radius 2 is 1.67 bits per heavy atom. The monoisotopic (exact) mass is 452 g/mol. The fraction of sp³-hybridized carbons (Fsp3) is 0.107. The van der Waals surface area contributed by atoms with E-state index >= 15 is 0 Å². The molecule has 0 amide bonds. The normalized spacial score (nSPS) is 11.6. The Labute approximate surface area is 196 Å². The number of halogens is 1. The molecule has 3 aromatic heterocycles. The van der Waals surface area contributed by atoms with E-state index in [9.17, 15) is 0 Å². The van der Waals surface area contributed by atoms with Gasteiger partial charge in [-0.1, -0.05) is 48.0 Å². The SMILES string of the molecule is Cc1c(C)n(Cc2ccccc2Cl)c2c(Oc3ccc4oc5ccccc5c4c3)nccc12. The second kappa shape index (κ2) is 7.68. The van der Waals surface area contributed by atoms with Gasteiger partial charge in [0, 0.05) is 39.6 Å². The van der Waals surface area contributed by atoms with Gasteiger partial charge in [0.2, 0.25) is 5.88 Å². The molecule has 6 rings (SSSR count). The third-order valence-electron chi connectivity index (χ3n) is 6.36. The number of aryl methyl sites for hydroxylation is 1. The van der Waals surface area contributed by atoms with Gasteiger partial charge in [0.25, 0.3) is 0 Å². The van der Waals surface area contributed by atoms with Gasteiger partial charge < -0.3 is 13.7 Å². The molecule has 162 valence electrons. The van der Waals surface area contributed by atoms with Crippen LogP contribution >= 0.6 is 11.6 Å². The summed E-state index contributed by atoms with van der Waals surface area (Å²) in [4.78, 5) is 4.61. The molecule has 0 fully saturated rings. The first-order chi connectivity index (χ1) is 16.1. The van der Waals surface area contributed by atoms with Crippen molar-refractivity contribution in [1.82, 2.24) is 9.55 Å². The molecule has 3 heterocycles. The van der Waals surface area contributed by atoms with Crippen LogP contribution in [0.1, 0.15) is 16.8 Å². The second-order valence-corrected chi connectivity index (χ2v) is 8.67. The van der Waals surface area contributed by atoms with Crippen LogP contribution in [0, 0.1) is 13.8 Å². The van der Waals surface area contributed by atoms with Crippen molar-refractivity contribution in [1.29, 1.82) is 0 Å². The van der Waals surface area contributed by atoms with E-state index in [2.05, 4.69) is 35.5 Å². The topological polar surface area (TPSA) is 40.2 Å². The molecule has 0 atom stereocenters. The summed E-state index contributed by atoms with van der Waals surface area (Å²) in [5, 5.41) is 3.96. The first kappa shape index (κ1) is 19.9. The molecule has 6 aromatic rings. The molecule has 5 heteroatoms. The van der Waals surface area contributed by atoms with Crippen LogP contribution in [0.5, 0.6) is 11.6 Å². The summed E-state index contributed by atoms with van der Waals surface area (Å²) in [5.74, 6) is 1.29. The molecule has 0 aliphatic carbocycles. The zero-order valence-electron chi connectivity index (χ0n) is 18.3. The van der Waals surface area contributed by atoms with Gasteiger partial charge in [-0.25, -0.2) is 4.98 Å². The molecular weight excluding hydrogens is 432 g/mol. The number of benzene rings is 3. The Kier molecular flexibility index (Phi) is 4.63. The number of fused-ring (bicyclic) bond motifs is 4. The summed E-state index contributed by atoms with van der Waals surface area (Å²) in [6, 6.07) is 23.9. The minimum atomic E-state index is 0.572. The van der Waals surface area contributed by atoms with Gasteiger partial charge in [-0.2, -0.15) is 0 Å². The van der Waals surface area contributed by atoms with Crippen molar-refractivity contribution < 1.29 is 9.15 Å². The van der Waals surface area contributed by atoms with Crippen LogP contribution in [0.2, 0.25) is 5.02 Å². The van der Waals surface area contributed by atoms with Crippen molar-refractivity contribution in [3.63, 3.8) is 0 Å². The highest BCUT2D eigenvalue weighted by molar-refractivity contribution is 6.31. The van der Waals surface area contributed by atoms with Crippen LogP contribution in [-0.2, 0) is 6.54 Å². The second-order valence-electron chi connectivity index (χ2n) is 8.26. The van der Waals surface area contributed by atoms with Crippen molar-refractivity contribution in [2.24, 2.45) is 0 Å². The quantitative estimate of drug-likeness (QED) is 0.271. The zero-order chi connectivity index (χ0) is 22.5. The first-order valence-electron chi connectivity index (χ1n) is 10.9. The van der Waals surface area contributed by atoms with E-state index in [0.717, 1.165) is 49.2 Å². The summed E-state index contributed by atoms with van der Waals surface area (Å²) >= 11 is 6.48. The third-order valence-corrected chi connectivity index (χ3v) is 6.73. The molecule has 3 aromatic carbocycles. The molecule has 0 saturated heterocycles. The average Bonchev–Trinajstić information content (AvgIpc) is 3.32. The lowest BCUT2D eigenvalue weighted by Gasteiger charge is -2.13. The minimum Gasteiger partial charge on any atom is -0.456 e. The molecule has 0 aliphatic heterocycles. The Bertz CT molecular complexity index is 1660. The number of hydrogen-bond donors (Lipinski definition) is 0. The van der Waals surface area contributed by atoms with Crippen molar-refractivity contribution in [3.8, 4) is 11.6 Å². The van der Waals surface area contributed by atoms with E-state index in [0.29, 0.717) is 12.4 Å². The molecule has 0 N–H and O–H groups in total. The molecule has 4 nitrogen and oxygen atoms in total. The number of pyridine rings is 1. The number of hydrogen-bond acceptors (Lipinski definition) is 3. The van der Waals surface area contributed by atoms with Crippen LogP contribution in [0.4, 0.5) is 0 Å². The van der Waals surface area contributed by atoms with Crippen LogP contribution in [0.25, 0.3) is 32.8 Å². The van der Waals surface area contributed by atoms with E-state index in [4.69, 9.17) is 20.8 Å². The lowest BCUT2D eigenvalue weighted by atomic mass is 10.1. The summed E-state index contributed by atoms with van der Waals surface area (Å²) < 4.78 is 14.6. The molecule has 33 heavy (non-hydrogen) atoms. The molecule has 0 aliphatic rings. The highest BCUT2D eigenvalue weighted by atomic mass is 35.5. The van der Waals surface area contributed by atoms with Crippen LogP contribution in [0.3, 0.4) is 0 Å². The summed E-state index contributed by atoms with van der Waals surface area (Å²) in [7, 11) is 0.